The van der Waals surface area contributed by atoms with Crippen LogP contribution in [0.1, 0.15) is 21.6 Å². The molecular weight excluding hydrogens is 546 g/mol. The summed E-state index contributed by atoms with van der Waals surface area (Å²) in [5, 5.41) is 12.7. The standard InChI is InChI=1S/C30H28F2N6O4/c1-33-20-8-19(31)26(32)24-15(20)7-21-25(24)27(38-12-22-23(13-38)42-5-4-36(22)2)17(10-34-21)14-6-16-28(39)18(30(40)41)11-37(3)29(16)35-9-14/h6,8-11,22-23,33H,4-5,7,12-13H2,1-3H3,(H,40,41)/t22-,23+/m1/s1. The number of aryl methyl sites for hydroxylation is 1. The van der Waals surface area contributed by atoms with Gasteiger partial charge in [0, 0.05) is 92.7 Å². The third-order valence-corrected chi connectivity index (χ3v) is 8.77. The number of likely N-dealkylation sites (N-methyl/N-ethyl adjacent to an activating group) is 1. The summed E-state index contributed by atoms with van der Waals surface area (Å²) >= 11 is 0. The summed E-state index contributed by atoms with van der Waals surface area (Å²) in [7, 11) is 5.34. The lowest BCUT2D eigenvalue weighted by molar-refractivity contribution is -0.0362. The minimum Gasteiger partial charge on any atom is -0.477 e. The maximum absolute atomic E-state index is 15.7. The normalized spacial score (nSPS) is 19.6. The fraction of sp³-hybridized carbons (Fsp3) is 0.333. The van der Waals surface area contributed by atoms with Crippen LogP contribution in [0.3, 0.4) is 0 Å². The van der Waals surface area contributed by atoms with Gasteiger partial charge in [0.25, 0.3) is 0 Å². The first-order valence-electron chi connectivity index (χ1n) is 13.7. The average molecular weight is 575 g/mol. The highest BCUT2D eigenvalue weighted by Gasteiger charge is 2.42. The summed E-state index contributed by atoms with van der Waals surface area (Å²) in [4.78, 5) is 38.5. The van der Waals surface area contributed by atoms with Gasteiger partial charge in [0.1, 0.15) is 11.2 Å². The first-order valence-corrected chi connectivity index (χ1v) is 13.7. The average Bonchev–Trinajstić information content (AvgIpc) is 3.59. The van der Waals surface area contributed by atoms with Crippen molar-refractivity contribution >= 4 is 28.4 Å². The second-order valence-corrected chi connectivity index (χ2v) is 11.1. The Morgan fingerprint density at radius 2 is 1.95 bits per heavy atom. The summed E-state index contributed by atoms with van der Waals surface area (Å²) in [5.41, 5.74) is 3.45. The second-order valence-electron chi connectivity index (χ2n) is 11.1. The van der Waals surface area contributed by atoms with Crippen LogP contribution in [-0.2, 0) is 18.2 Å². The molecule has 42 heavy (non-hydrogen) atoms. The molecule has 0 amide bonds. The number of carbonyl (C=O) groups is 1. The first-order chi connectivity index (χ1) is 20.2. The van der Waals surface area contributed by atoms with Crippen molar-refractivity contribution in [3.05, 3.63) is 69.4 Å². The monoisotopic (exact) mass is 574 g/mol. The van der Waals surface area contributed by atoms with E-state index in [9.17, 15) is 19.1 Å². The molecule has 2 aliphatic heterocycles. The van der Waals surface area contributed by atoms with Gasteiger partial charge in [-0.05, 0) is 18.7 Å². The van der Waals surface area contributed by atoms with E-state index >= 15 is 4.39 Å². The number of anilines is 2. The Balaban J connectivity index is 1.50. The van der Waals surface area contributed by atoms with Crippen molar-refractivity contribution in [1.29, 1.82) is 0 Å². The van der Waals surface area contributed by atoms with E-state index in [-0.39, 0.29) is 28.7 Å². The van der Waals surface area contributed by atoms with Gasteiger partial charge < -0.3 is 24.6 Å². The Morgan fingerprint density at radius 3 is 2.69 bits per heavy atom. The Hall–Kier alpha value is -4.42. The number of nitrogens with zero attached hydrogens (tertiary/aromatic N) is 5. The summed E-state index contributed by atoms with van der Waals surface area (Å²) in [6.45, 7) is 2.50. The zero-order chi connectivity index (χ0) is 29.4. The first kappa shape index (κ1) is 26.5. The molecular formula is C30H28F2N6O4. The molecule has 12 heteroatoms. The molecule has 0 saturated carbocycles. The van der Waals surface area contributed by atoms with Crippen molar-refractivity contribution in [2.45, 2.75) is 18.6 Å². The van der Waals surface area contributed by atoms with Crippen molar-refractivity contribution < 1.29 is 23.4 Å². The van der Waals surface area contributed by atoms with E-state index in [0.717, 1.165) is 12.6 Å². The zero-order valence-corrected chi connectivity index (χ0v) is 23.2. The molecule has 0 spiro atoms. The van der Waals surface area contributed by atoms with Crippen LogP contribution in [0.4, 0.5) is 20.2 Å². The highest BCUT2D eigenvalue weighted by molar-refractivity contribution is 5.98. The molecule has 3 aromatic heterocycles. The summed E-state index contributed by atoms with van der Waals surface area (Å²) in [5.74, 6) is -3.23. The molecule has 5 heterocycles. The van der Waals surface area contributed by atoms with Gasteiger partial charge in [-0.3, -0.25) is 14.7 Å². The van der Waals surface area contributed by atoms with Gasteiger partial charge in [0.2, 0.25) is 5.43 Å². The van der Waals surface area contributed by atoms with Gasteiger partial charge in [-0.25, -0.2) is 18.6 Å². The van der Waals surface area contributed by atoms with E-state index in [2.05, 4.69) is 20.1 Å². The number of carboxylic acids is 1. The number of aromatic nitrogens is 3. The number of benzene rings is 1. The van der Waals surface area contributed by atoms with Crippen LogP contribution in [0.15, 0.2) is 35.5 Å². The molecule has 0 bridgehead atoms. The number of ether oxygens (including phenoxy) is 1. The van der Waals surface area contributed by atoms with E-state index < -0.39 is 23.0 Å². The van der Waals surface area contributed by atoms with Crippen LogP contribution in [0, 0.1) is 11.6 Å². The molecule has 0 unspecified atom stereocenters. The van der Waals surface area contributed by atoms with Gasteiger partial charge in [0.15, 0.2) is 11.6 Å². The second kappa shape index (κ2) is 9.57. The molecule has 216 valence electrons. The van der Waals surface area contributed by atoms with Crippen LogP contribution >= 0.6 is 0 Å². The molecule has 4 aromatic rings. The fourth-order valence-electron chi connectivity index (χ4n) is 6.68. The Labute approximate surface area is 239 Å². The summed E-state index contributed by atoms with van der Waals surface area (Å²) in [6.07, 6.45) is 4.76. The molecule has 7 rings (SSSR count). The number of morpholine rings is 1. The molecule has 2 fully saturated rings. The Bertz CT molecular complexity index is 1880. The van der Waals surface area contributed by atoms with Crippen LogP contribution in [0.5, 0.6) is 0 Å². The van der Waals surface area contributed by atoms with Crippen molar-refractivity contribution in [2.24, 2.45) is 7.05 Å². The SMILES string of the molecule is CNc1cc(F)c(F)c2c1Cc1ncc(-c3cnc4c(c3)c(=O)c(C(=O)O)cn4C)c(N3C[C@@H]4OCCN(C)[C@@H]4C3)c1-2. The molecule has 2 saturated heterocycles. The van der Waals surface area contributed by atoms with E-state index in [0.29, 0.717) is 71.1 Å². The minimum absolute atomic E-state index is 0.0772. The fourth-order valence-corrected chi connectivity index (χ4v) is 6.68. The van der Waals surface area contributed by atoms with Gasteiger partial charge in [-0.15, -0.1) is 0 Å². The molecule has 2 N–H and O–H groups in total. The van der Waals surface area contributed by atoms with Gasteiger partial charge in [-0.2, -0.15) is 0 Å². The highest BCUT2D eigenvalue weighted by atomic mass is 19.2. The van der Waals surface area contributed by atoms with E-state index in [4.69, 9.17) is 9.72 Å². The molecule has 1 aromatic carbocycles. The number of rotatable bonds is 4. The van der Waals surface area contributed by atoms with Crippen molar-refractivity contribution in [3.63, 3.8) is 0 Å². The van der Waals surface area contributed by atoms with Crippen molar-refractivity contribution in [2.75, 3.05) is 50.6 Å². The van der Waals surface area contributed by atoms with Gasteiger partial charge in [0.05, 0.1) is 35.5 Å². The lowest BCUT2D eigenvalue weighted by Gasteiger charge is -2.33. The molecule has 0 radical (unpaired) electrons. The minimum atomic E-state index is -1.33. The predicted molar refractivity (Wildman–Crippen MR) is 153 cm³/mol. The lowest BCUT2D eigenvalue weighted by atomic mass is 9.97. The Morgan fingerprint density at radius 1 is 1.14 bits per heavy atom. The molecule has 3 aliphatic rings. The number of nitrogens with one attached hydrogen (secondary N) is 1. The molecule has 10 nitrogen and oxygen atoms in total. The number of halogens is 2. The maximum Gasteiger partial charge on any atom is 0.341 e. The van der Waals surface area contributed by atoms with E-state index in [1.807, 2.05) is 7.05 Å². The number of hydrogen-bond acceptors (Lipinski definition) is 8. The van der Waals surface area contributed by atoms with Crippen molar-refractivity contribution in [3.8, 4) is 22.3 Å². The maximum atomic E-state index is 15.7. The number of carboxylic acid groups (broad SMARTS) is 1. The quantitative estimate of drug-likeness (QED) is 0.334. The Kier molecular flexibility index (Phi) is 6.03. The summed E-state index contributed by atoms with van der Waals surface area (Å²) in [6, 6.07) is 2.87. The van der Waals surface area contributed by atoms with Crippen LogP contribution in [0.25, 0.3) is 33.3 Å². The van der Waals surface area contributed by atoms with Crippen LogP contribution in [-0.4, -0.2) is 83.0 Å². The highest BCUT2D eigenvalue weighted by Crippen LogP contribution is 2.50. The topological polar surface area (TPSA) is 113 Å². The van der Waals surface area contributed by atoms with E-state index in [1.165, 1.54) is 10.8 Å². The van der Waals surface area contributed by atoms with Crippen LogP contribution in [0.2, 0.25) is 0 Å². The lowest BCUT2D eigenvalue weighted by Crippen LogP contribution is -2.48. The van der Waals surface area contributed by atoms with Crippen LogP contribution < -0.4 is 15.6 Å². The number of aromatic carboxylic acids is 1. The number of fused-ring (bicyclic) bond motifs is 5. The van der Waals surface area contributed by atoms with Gasteiger partial charge in [-0.1, -0.05) is 0 Å². The smallest absolute Gasteiger partial charge is 0.341 e. The molecule has 1 aliphatic carbocycles. The number of hydrogen-bond donors (Lipinski definition) is 2. The molecule has 2 atom stereocenters. The van der Waals surface area contributed by atoms with Crippen molar-refractivity contribution in [1.82, 2.24) is 19.4 Å². The largest absolute Gasteiger partial charge is 0.477 e. The third kappa shape index (κ3) is 3.82. The predicted octanol–water partition coefficient (Wildman–Crippen LogP) is 3.10. The van der Waals surface area contributed by atoms with Gasteiger partial charge >= 0.3 is 5.97 Å². The summed E-state index contributed by atoms with van der Waals surface area (Å²) < 4.78 is 38.2. The van der Waals surface area contributed by atoms with E-state index in [1.54, 1.807) is 32.6 Å². The number of pyridine rings is 3. The zero-order valence-electron chi connectivity index (χ0n) is 23.2. The third-order valence-electron chi connectivity index (χ3n) is 8.77.